The molecule has 0 saturated heterocycles. The van der Waals surface area contributed by atoms with E-state index in [0.717, 1.165) is 24.0 Å². The van der Waals surface area contributed by atoms with E-state index in [1.807, 2.05) is 11.7 Å². The third-order valence-electron chi connectivity index (χ3n) is 4.46. The number of rotatable bonds is 5. The van der Waals surface area contributed by atoms with Gasteiger partial charge in [-0.2, -0.15) is 5.10 Å². The van der Waals surface area contributed by atoms with Crippen molar-refractivity contribution in [1.29, 1.82) is 0 Å². The van der Waals surface area contributed by atoms with E-state index >= 15 is 0 Å². The van der Waals surface area contributed by atoms with Crippen LogP contribution in [0.2, 0.25) is 0 Å². The molecule has 1 fully saturated rings. The smallest absolute Gasteiger partial charge is 0.216 e. The topological polar surface area (TPSA) is 39.1 Å². The van der Waals surface area contributed by atoms with E-state index in [1.54, 1.807) is 7.11 Å². The van der Waals surface area contributed by atoms with Gasteiger partial charge < -0.3 is 10.1 Å². The van der Waals surface area contributed by atoms with Crippen molar-refractivity contribution in [2.24, 2.45) is 13.0 Å². The van der Waals surface area contributed by atoms with Gasteiger partial charge in [-0.25, -0.2) is 4.68 Å². The monoisotopic (exact) mass is 265 g/mol. The van der Waals surface area contributed by atoms with Gasteiger partial charge in [0.1, 0.15) is 0 Å². The van der Waals surface area contributed by atoms with E-state index < -0.39 is 0 Å². The van der Waals surface area contributed by atoms with Gasteiger partial charge in [-0.1, -0.05) is 26.2 Å². The first-order valence-corrected chi connectivity index (χ1v) is 7.47. The number of methoxy groups -OCH3 is 1. The van der Waals surface area contributed by atoms with Crippen LogP contribution in [0.15, 0.2) is 0 Å². The largest absolute Gasteiger partial charge is 0.481 e. The van der Waals surface area contributed by atoms with Crippen molar-refractivity contribution in [2.75, 3.05) is 7.11 Å². The Morgan fingerprint density at radius 3 is 2.79 bits per heavy atom. The summed E-state index contributed by atoms with van der Waals surface area (Å²) in [6.07, 6.45) is 6.71. The molecule has 1 aliphatic rings. The van der Waals surface area contributed by atoms with E-state index in [1.165, 1.54) is 37.7 Å². The molecule has 0 bridgehead atoms. The summed E-state index contributed by atoms with van der Waals surface area (Å²) in [5.41, 5.74) is 2.26. The highest BCUT2D eigenvalue weighted by molar-refractivity contribution is 5.30. The highest BCUT2D eigenvalue weighted by Gasteiger charge is 2.24. The lowest BCUT2D eigenvalue weighted by Gasteiger charge is -2.31. The Morgan fingerprint density at radius 1 is 1.37 bits per heavy atom. The summed E-state index contributed by atoms with van der Waals surface area (Å²) >= 11 is 0. The molecule has 1 saturated carbocycles. The summed E-state index contributed by atoms with van der Waals surface area (Å²) in [4.78, 5) is 0. The Morgan fingerprint density at radius 2 is 2.11 bits per heavy atom. The first-order chi connectivity index (χ1) is 9.17. The third kappa shape index (κ3) is 3.11. The molecule has 0 aliphatic heterocycles. The second kappa shape index (κ2) is 6.42. The summed E-state index contributed by atoms with van der Waals surface area (Å²) in [5.74, 6) is 1.71. The maximum atomic E-state index is 5.45. The summed E-state index contributed by atoms with van der Waals surface area (Å²) in [7, 11) is 3.65. The number of ether oxygens (including phenoxy) is 1. The first-order valence-electron chi connectivity index (χ1n) is 7.47. The fraction of sp³-hybridized carbons (Fsp3) is 0.800. The van der Waals surface area contributed by atoms with Crippen molar-refractivity contribution in [3.63, 3.8) is 0 Å². The Hall–Kier alpha value is -1.03. The summed E-state index contributed by atoms with van der Waals surface area (Å²) in [6.45, 7) is 5.22. The first kappa shape index (κ1) is 14.4. The SMILES string of the molecule is CCC1CCCCC1NCc1c(C)nn(C)c1OC. The average molecular weight is 265 g/mol. The van der Waals surface area contributed by atoms with Crippen molar-refractivity contribution >= 4 is 0 Å². The van der Waals surface area contributed by atoms with Crippen molar-refractivity contribution in [3.8, 4) is 5.88 Å². The number of nitrogens with one attached hydrogen (secondary N) is 1. The lowest BCUT2D eigenvalue weighted by atomic mass is 9.83. The predicted molar refractivity (Wildman–Crippen MR) is 77.4 cm³/mol. The fourth-order valence-corrected chi connectivity index (χ4v) is 3.34. The summed E-state index contributed by atoms with van der Waals surface area (Å²) < 4.78 is 7.27. The molecule has 19 heavy (non-hydrogen) atoms. The Bertz CT molecular complexity index is 414. The summed E-state index contributed by atoms with van der Waals surface area (Å²) in [5, 5.41) is 8.17. The number of hydrogen-bond donors (Lipinski definition) is 1. The van der Waals surface area contributed by atoms with E-state index in [0.29, 0.717) is 6.04 Å². The second-order valence-corrected chi connectivity index (χ2v) is 5.64. The van der Waals surface area contributed by atoms with Gasteiger partial charge in [0.05, 0.1) is 18.4 Å². The summed E-state index contributed by atoms with van der Waals surface area (Å²) in [6, 6.07) is 0.656. The highest BCUT2D eigenvalue weighted by Crippen LogP contribution is 2.28. The van der Waals surface area contributed by atoms with Crippen molar-refractivity contribution < 1.29 is 4.74 Å². The molecule has 0 amide bonds. The minimum absolute atomic E-state index is 0.656. The van der Waals surface area contributed by atoms with Gasteiger partial charge in [0, 0.05) is 19.6 Å². The van der Waals surface area contributed by atoms with Crippen LogP contribution in [0, 0.1) is 12.8 Å². The number of nitrogens with zero attached hydrogens (tertiary/aromatic N) is 2. The van der Waals surface area contributed by atoms with Gasteiger partial charge in [-0.05, 0) is 25.7 Å². The molecule has 4 nitrogen and oxygen atoms in total. The average Bonchev–Trinajstić information content (AvgIpc) is 2.70. The second-order valence-electron chi connectivity index (χ2n) is 5.64. The molecule has 1 N–H and O–H groups in total. The van der Waals surface area contributed by atoms with E-state index in [9.17, 15) is 0 Å². The molecule has 1 aliphatic carbocycles. The van der Waals surface area contributed by atoms with Crippen LogP contribution in [0.4, 0.5) is 0 Å². The van der Waals surface area contributed by atoms with Gasteiger partial charge in [-0.15, -0.1) is 0 Å². The molecule has 1 heterocycles. The van der Waals surface area contributed by atoms with Crippen LogP contribution in [0.5, 0.6) is 5.88 Å². The predicted octanol–water partition coefficient (Wildman–Crippen LogP) is 2.80. The molecule has 1 aromatic rings. The Balaban J connectivity index is 2.01. The van der Waals surface area contributed by atoms with E-state index in [2.05, 4.69) is 24.3 Å². The highest BCUT2D eigenvalue weighted by atomic mass is 16.5. The van der Waals surface area contributed by atoms with Crippen LogP contribution in [-0.2, 0) is 13.6 Å². The molecule has 1 aromatic heterocycles. The normalized spacial score (nSPS) is 23.6. The van der Waals surface area contributed by atoms with E-state index in [4.69, 9.17) is 4.74 Å². The lowest BCUT2D eigenvalue weighted by molar-refractivity contribution is 0.253. The lowest BCUT2D eigenvalue weighted by Crippen LogP contribution is -2.37. The molecular formula is C15H27N3O. The molecule has 2 unspecified atom stereocenters. The number of aryl methyl sites for hydroxylation is 2. The van der Waals surface area contributed by atoms with Gasteiger partial charge in [0.25, 0.3) is 0 Å². The van der Waals surface area contributed by atoms with Crippen molar-refractivity contribution in [2.45, 2.75) is 58.5 Å². The van der Waals surface area contributed by atoms with Crippen LogP contribution in [0.3, 0.4) is 0 Å². The third-order valence-corrected chi connectivity index (χ3v) is 4.46. The number of hydrogen-bond acceptors (Lipinski definition) is 3. The zero-order valence-electron chi connectivity index (χ0n) is 12.7. The van der Waals surface area contributed by atoms with Gasteiger partial charge >= 0.3 is 0 Å². The van der Waals surface area contributed by atoms with Crippen molar-refractivity contribution in [1.82, 2.24) is 15.1 Å². The quantitative estimate of drug-likeness (QED) is 0.890. The zero-order chi connectivity index (χ0) is 13.8. The van der Waals surface area contributed by atoms with Crippen molar-refractivity contribution in [3.05, 3.63) is 11.3 Å². The molecule has 0 radical (unpaired) electrons. The maximum absolute atomic E-state index is 5.45. The fourth-order valence-electron chi connectivity index (χ4n) is 3.34. The Labute approximate surface area is 116 Å². The minimum atomic E-state index is 0.656. The van der Waals surface area contributed by atoms with Gasteiger partial charge in [0.15, 0.2) is 0 Å². The van der Waals surface area contributed by atoms with Crippen LogP contribution in [0.25, 0.3) is 0 Å². The molecule has 4 heteroatoms. The number of aromatic nitrogens is 2. The van der Waals surface area contributed by atoms with E-state index in [-0.39, 0.29) is 0 Å². The molecule has 108 valence electrons. The van der Waals surface area contributed by atoms with Gasteiger partial charge in [-0.3, -0.25) is 0 Å². The van der Waals surface area contributed by atoms with Gasteiger partial charge in [0.2, 0.25) is 5.88 Å². The van der Waals surface area contributed by atoms with Crippen LogP contribution >= 0.6 is 0 Å². The van der Waals surface area contributed by atoms with Crippen LogP contribution in [0.1, 0.15) is 50.3 Å². The molecule has 0 spiro atoms. The molecular weight excluding hydrogens is 238 g/mol. The van der Waals surface area contributed by atoms with Crippen LogP contribution < -0.4 is 10.1 Å². The molecule has 2 atom stereocenters. The Kier molecular flexibility index (Phi) is 4.86. The molecule has 0 aromatic carbocycles. The zero-order valence-corrected chi connectivity index (χ0v) is 12.7. The standard InChI is InChI=1S/C15H27N3O/c1-5-12-8-6-7-9-14(12)16-10-13-11(2)17-18(3)15(13)19-4/h12,14,16H,5-10H2,1-4H3. The maximum Gasteiger partial charge on any atom is 0.216 e. The molecule has 2 rings (SSSR count). The van der Waals surface area contributed by atoms with Crippen LogP contribution in [-0.4, -0.2) is 22.9 Å². The minimum Gasteiger partial charge on any atom is -0.481 e.